The van der Waals surface area contributed by atoms with E-state index >= 15 is 0 Å². The van der Waals surface area contributed by atoms with E-state index in [1.807, 2.05) is 11.2 Å². The van der Waals surface area contributed by atoms with Gasteiger partial charge in [0, 0.05) is 25.0 Å². The van der Waals surface area contributed by atoms with Gasteiger partial charge in [-0.15, -0.1) is 3.82 Å². The predicted molar refractivity (Wildman–Crippen MR) is 59.8 cm³/mol. The summed E-state index contributed by atoms with van der Waals surface area (Å²) < 4.78 is 7.01. The monoisotopic (exact) mass is 234 g/mol. The van der Waals surface area contributed by atoms with Gasteiger partial charge in [0.05, 0.1) is 26.1 Å². The Labute approximate surface area is 93.5 Å². The van der Waals surface area contributed by atoms with Crippen LogP contribution in [-0.2, 0) is 4.74 Å². The van der Waals surface area contributed by atoms with Crippen LogP contribution < -0.4 is 5.73 Å². The van der Waals surface area contributed by atoms with Crippen LogP contribution in [0.5, 0.6) is 0 Å². The number of nitrogens with zero attached hydrogens (tertiary/aromatic N) is 3. The topological polar surface area (TPSA) is 45.0 Å². The van der Waals surface area contributed by atoms with Gasteiger partial charge in [0.25, 0.3) is 0 Å². The van der Waals surface area contributed by atoms with Crippen LogP contribution in [0.15, 0.2) is 11.2 Å². The molecule has 2 aliphatic heterocycles. The van der Waals surface area contributed by atoms with Crippen molar-refractivity contribution in [2.45, 2.75) is 0 Å². The predicted octanol–water partition coefficient (Wildman–Crippen LogP) is 0.0593. The van der Waals surface area contributed by atoms with E-state index in [1.165, 1.54) is 11.9 Å². The maximum atomic E-state index is 5.67. The van der Waals surface area contributed by atoms with Crippen LogP contribution in [0.4, 0.5) is 0 Å². The zero-order valence-corrected chi connectivity index (χ0v) is 9.51. The van der Waals surface area contributed by atoms with Crippen LogP contribution in [0.3, 0.4) is 0 Å². The maximum absolute atomic E-state index is 5.67. The lowest BCUT2D eigenvalue weighted by Crippen LogP contribution is -2.43. The summed E-state index contributed by atoms with van der Waals surface area (Å²) in [6.07, 6.45) is 1.90. The Morgan fingerprint density at radius 2 is 2.21 bits per heavy atom. The van der Waals surface area contributed by atoms with Gasteiger partial charge in [0.2, 0.25) is 0 Å². The molecule has 0 radical (unpaired) electrons. The summed E-state index contributed by atoms with van der Waals surface area (Å²) in [5, 5.41) is 2.75. The summed E-state index contributed by atoms with van der Waals surface area (Å²) in [4.78, 5) is 2.31. The molecule has 0 aliphatic carbocycles. The van der Waals surface area contributed by atoms with Crippen molar-refractivity contribution in [3.05, 3.63) is 11.2 Å². The lowest BCUT2D eigenvalue weighted by atomic mass is 10.4. The van der Waals surface area contributed by atoms with Crippen LogP contribution in [0.2, 0.25) is 0 Å². The average molecular weight is 234 g/mol. The lowest BCUT2D eigenvalue weighted by Gasteiger charge is -2.32. The van der Waals surface area contributed by atoms with Crippen LogP contribution in [-0.4, -0.2) is 46.7 Å². The molecule has 2 aliphatic rings. The molecule has 7 heteroatoms. The van der Waals surface area contributed by atoms with Crippen molar-refractivity contribution in [3.8, 4) is 0 Å². The first-order valence-electron chi connectivity index (χ1n) is 4.46. The Balaban J connectivity index is 1.84. The van der Waals surface area contributed by atoms with Crippen LogP contribution in [0.1, 0.15) is 0 Å². The number of hydrogen-bond donors (Lipinski definition) is 2. The molecule has 0 atom stereocenters. The molecule has 14 heavy (non-hydrogen) atoms. The third-order valence-electron chi connectivity index (χ3n) is 2.13. The molecular weight excluding hydrogens is 220 g/mol. The fraction of sp³-hybridized carbons (Fsp3) is 0.714. The summed E-state index contributed by atoms with van der Waals surface area (Å²) >= 11 is 5.70. The first-order chi connectivity index (χ1) is 6.75. The molecule has 2 heterocycles. The minimum atomic E-state index is 0.772. The van der Waals surface area contributed by atoms with Gasteiger partial charge in [0.15, 0.2) is 0 Å². The Kier molecular flexibility index (Phi) is 3.45. The summed E-state index contributed by atoms with van der Waals surface area (Å²) in [6.45, 7) is 4.38. The number of nitrogens with two attached hydrogens (primary N) is 1. The molecule has 1 saturated heterocycles. The molecule has 0 amide bonds. The molecule has 0 saturated carbocycles. The number of morpholine rings is 1. The summed E-state index contributed by atoms with van der Waals surface area (Å²) in [7, 11) is 0. The normalized spacial score (nSPS) is 25.5. The molecule has 0 aromatic heterocycles. The number of rotatable bonds is 2. The highest BCUT2D eigenvalue weighted by molar-refractivity contribution is 8.08. The van der Waals surface area contributed by atoms with E-state index < -0.39 is 0 Å². The smallest absolute Gasteiger partial charge is 0.101 e. The van der Waals surface area contributed by atoms with Gasteiger partial charge < -0.3 is 10.5 Å². The van der Waals surface area contributed by atoms with E-state index in [1.54, 1.807) is 3.82 Å². The van der Waals surface area contributed by atoms with Crippen molar-refractivity contribution in [1.29, 1.82) is 0 Å². The van der Waals surface area contributed by atoms with E-state index in [4.69, 9.17) is 10.5 Å². The highest BCUT2D eigenvalue weighted by Crippen LogP contribution is 2.29. The van der Waals surface area contributed by atoms with Crippen molar-refractivity contribution < 1.29 is 4.74 Å². The van der Waals surface area contributed by atoms with Gasteiger partial charge in [-0.2, -0.15) is 0 Å². The van der Waals surface area contributed by atoms with Crippen molar-refractivity contribution in [2.75, 3.05) is 33.0 Å². The van der Waals surface area contributed by atoms with Gasteiger partial charge in [-0.05, 0) is 0 Å². The lowest BCUT2D eigenvalue weighted by molar-refractivity contribution is 0.00621. The molecular formula is C7H14N4OS2. The van der Waals surface area contributed by atoms with Crippen LogP contribution in [0.25, 0.3) is 0 Å². The first kappa shape index (κ1) is 10.4. The van der Waals surface area contributed by atoms with Crippen LogP contribution >= 0.6 is 24.8 Å². The summed E-state index contributed by atoms with van der Waals surface area (Å²) in [6, 6.07) is 0. The van der Waals surface area contributed by atoms with E-state index in [0.717, 1.165) is 38.0 Å². The van der Waals surface area contributed by atoms with Gasteiger partial charge in [-0.25, -0.2) is 0 Å². The van der Waals surface area contributed by atoms with E-state index in [0.29, 0.717) is 0 Å². The molecule has 2 N–H and O–H groups in total. The SMILES string of the molecule is NC1=CN(CN2CCOCC2)N(S)S1. The zero-order valence-electron chi connectivity index (χ0n) is 7.80. The molecule has 5 nitrogen and oxygen atoms in total. The van der Waals surface area contributed by atoms with E-state index in [2.05, 4.69) is 17.7 Å². The maximum Gasteiger partial charge on any atom is 0.101 e. The Morgan fingerprint density at radius 3 is 2.79 bits per heavy atom. The number of hydrazine groups is 1. The zero-order chi connectivity index (χ0) is 9.97. The highest BCUT2D eigenvalue weighted by Gasteiger charge is 2.21. The summed E-state index contributed by atoms with van der Waals surface area (Å²) in [5.41, 5.74) is 5.67. The van der Waals surface area contributed by atoms with Crippen molar-refractivity contribution in [3.63, 3.8) is 0 Å². The number of hydrogen-bond acceptors (Lipinski definition) is 7. The van der Waals surface area contributed by atoms with Gasteiger partial charge in [-0.3, -0.25) is 9.91 Å². The molecule has 0 aromatic rings. The molecule has 0 aromatic carbocycles. The molecule has 0 spiro atoms. The average Bonchev–Trinajstić information content (AvgIpc) is 2.47. The third kappa shape index (κ3) is 2.48. The Hall–Kier alpha value is -0.0800. The van der Waals surface area contributed by atoms with Crippen molar-refractivity contribution in [2.24, 2.45) is 5.73 Å². The van der Waals surface area contributed by atoms with Gasteiger partial charge in [-0.1, -0.05) is 12.8 Å². The molecule has 80 valence electrons. The fourth-order valence-corrected chi connectivity index (χ4v) is 2.36. The summed E-state index contributed by atoms with van der Waals surface area (Å²) in [5.74, 6) is 0. The van der Waals surface area contributed by atoms with E-state index in [-0.39, 0.29) is 0 Å². The van der Waals surface area contributed by atoms with Crippen LogP contribution in [0, 0.1) is 0 Å². The second-order valence-corrected chi connectivity index (χ2v) is 4.84. The molecule has 0 bridgehead atoms. The number of thiol groups is 1. The number of ether oxygens (including phenoxy) is 1. The first-order valence-corrected chi connectivity index (χ1v) is 5.64. The third-order valence-corrected chi connectivity index (χ3v) is 3.30. The molecule has 0 unspecified atom stereocenters. The highest BCUT2D eigenvalue weighted by atomic mass is 32.2. The largest absolute Gasteiger partial charge is 0.391 e. The van der Waals surface area contributed by atoms with Crippen molar-refractivity contribution in [1.82, 2.24) is 13.7 Å². The minimum Gasteiger partial charge on any atom is -0.391 e. The quantitative estimate of drug-likeness (QED) is 0.520. The Bertz CT molecular complexity index is 232. The standard InChI is InChI=1S/C7H14N4OS2/c8-7-5-10(11(13)14-7)6-9-1-3-12-4-2-9/h5,13H,1-4,6,8H2. The second kappa shape index (κ2) is 4.63. The van der Waals surface area contributed by atoms with E-state index in [9.17, 15) is 0 Å². The second-order valence-electron chi connectivity index (χ2n) is 3.19. The van der Waals surface area contributed by atoms with Gasteiger partial charge >= 0.3 is 0 Å². The Morgan fingerprint density at radius 1 is 1.50 bits per heavy atom. The molecule has 1 fully saturated rings. The minimum absolute atomic E-state index is 0.772. The molecule has 2 rings (SSSR count). The van der Waals surface area contributed by atoms with Gasteiger partial charge in [0.1, 0.15) is 5.03 Å². The fourth-order valence-electron chi connectivity index (χ4n) is 1.41. The van der Waals surface area contributed by atoms with Crippen molar-refractivity contribution >= 4 is 24.8 Å².